The number of likely N-dealkylation sites (tertiary alicyclic amines) is 1. The van der Waals surface area contributed by atoms with E-state index in [9.17, 15) is 0 Å². The molecular weight excluding hydrogens is 220 g/mol. The summed E-state index contributed by atoms with van der Waals surface area (Å²) in [6.07, 6.45) is 15.8. The van der Waals surface area contributed by atoms with E-state index in [0.717, 1.165) is 19.5 Å². The molecule has 0 aromatic carbocycles. The normalized spacial score (nSPS) is 26.7. The van der Waals surface area contributed by atoms with Gasteiger partial charge in [0.25, 0.3) is 0 Å². The van der Waals surface area contributed by atoms with Crippen LogP contribution >= 0.6 is 0 Å². The fourth-order valence-corrected chi connectivity index (χ4v) is 3.82. The van der Waals surface area contributed by atoms with Crippen LogP contribution in [0.15, 0.2) is 35.5 Å². The van der Waals surface area contributed by atoms with Crippen molar-refractivity contribution in [3.05, 3.63) is 35.5 Å². The van der Waals surface area contributed by atoms with Crippen molar-refractivity contribution < 1.29 is 0 Å². The maximum atomic E-state index is 5.66. The Morgan fingerprint density at radius 2 is 1.89 bits per heavy atom. The lowest BCUT2D eigenvalue weighted by molar-refractivity contribution is 0.136. The number of hydrogen-bond acceptors (Lipinski definition) is 2. The molecule has 2 heteroatoms. The number of nitrogens with zero attached hydrogens (tertiary/aromatic N) is 1. The van der Waals surface area contributed by atoms with Crippen LogP contribution in [0.3, 0.4) is 0 Å². The minimum absolute atomic E-state index is 0.492. The van der Waals surface area contributed by atoms with E-state index in [1.807, 2.05) is 0 Å². The van der Waals surface area contributed by atoms with Gasteiger partial charge in [-0.2, -0.15) is 0 Å². The lowest BCUT2D eigenvalue weighted by Gasteiger charge is -2.40. The third kappa shape index (κ3) is 2.08. The second kappa shape index (κ2) is 5.02. The largest absolute Gasteiger partial charge is 0.329 e. The third-order valence-corrected chi connectivity index (χ3v) is 4.92. The van der Waals surface area contributed by atoms with Gasteiger partial charge >= 0.3 is 0 Å². The predicted octanol–water partition coefficient (Wildman–Crippen LogP) is 2.63. The van der Waals surface area contributed by atoms with Crippen LogP contribution in [0.1, 0.15) is 32.1 Å². The number of piperidine rings is 1. The molecule has 1 aliphatic heterocycles. The van der Waals surface area contributed by atoms with Crippen LogP contribution in [-0.4, -0.2) is 31.1 Å². The van der Waals surface area contributed by atoms with Gasteiger partial charge in [0, 0.05) is 13.1 Å². The van der Waals surface area contributed by atoms with Crippen LogP contribution in [0.25, 0.3) is 0 Å². The summed E-state index contributed by atoms with van der Waals surface area (Å²) in [4.78, 5) is 2.53. The van der Waals surface area contributed by atoms with Crippen molar-refractivity contribution in [3.8, 4) is 0 Å². The molecule has 1 spiro atoms. The molecule has 0 unspecified atom stereocenters. The minimum Gasteiger partial charge on any atom is -0.329 e. The van der Waals surface area contributed by atoms with Crippen molar-refractivity contribution in [2.24, 2.45) is 11.1 Å². The highest BCUT2D eigenvalue weighted by Gasteiger charge is 2.41. The Morgan fingerprint density at radius 3 is 2.67 bits per heavy atom. The first kappa shape index (κ1) is 12.2. The van der Waals surface area contributed by atoms with Gasteiger partial charge in [0.15, 0.2) is 0 Å². The monoisotopic (exact) mass is 244 g/mol. The number of nitrogens with two attached hydrogens (primary N) is 1. The van der Waals surface area contributed by atoms with Gasteiger partial charge in [-0.05, 0) is 61.8 Å². The summed E-state index contributed by atoms with van der Waals surface area (Å²) in [6, 6.07) is 0. The molecule has 0 radical (unpaired) electrons. The summed E-state index contributed by atoms with van der Waals surface area (Å²) >= 11 is 0. The van der Waals surface area contributed by atoms with Gasteiger partial charge in [0.1, 0.15) is 0 Å². The number of fused-ring (bicyclic) bond motifs is 1. The van der Waals surface area contributed by atoms with Gasteiger partial charge in [0.05, 0.1) is 0 Å². The average Bonchev–Trinajstić information content (AvgIpc) is 2.59. The molecular formula is C16H24N2. The van der Waals surface area contributed by atoms with E-state index in [4.69, 9.17) is 5.73 Å². The molecule has 0 aromatic rings. The van der Waals surface area contributed by atoms with Crippen LogP contribution in [0, 0.1) is 5.41 Å². The molecule has 0 atom stereocenters. The fourth-order valence-electron chi connectivity index (χ4n) is 3.82. The van der Waals surface area contributed by atoms with Crippen molar-refractivity contribution in [3.63, 3.8) is 0 Å². The summed E-state index contributed by atoms with van der Waals surface area (Å²) in [6.45, 7) is 4.32. The lowest BCUT2D eigenvalue weighted by Crippen LogP contribution is -2.41. The molecule has 2 N–H and O–H groups in total. The number of allylic oxidation sites excluding steroid dienone is 6. The topological polar surface area (TPSA) is 29.3 Å². The van der Waals surface area contributed by atoms with Gasteiger partial charge in [-0.1, -0.05) is 24.3 Å². The molecule has 1 saturated heterocycles. The van der Waals surface area contributed by atoms with Crippen LogP contribution in [0.2, 0.25) is 0 Å². The van der Waals surface area contributed by atoms with Crippen LogP contribution in [-0.2, 0) is 0 Å². The summed E-state index contributed by atoms with van der Waals surface area (Å²) in [5.41, 5.74) is 9.42. The fraction of sp³-hybridized carbons (Fsp3) is 0.625. The average molecular weight is 244 g/mol. The molecule has 0 bridgehead atoms. The molecule has 1 fully saturated rings. The molecule has 1 heterocycles. The van der Waals surface area contributed by atoms with E-state index in [1.165, 1.54) is 38.8 Å². The molecule has 0 aromatic heterocycles. The zero-order chi connectivity index (χ0) is 12.4. The predicted molar refractivity (Wildman–Crippen MR) is 76.3 cm³/mol. The zero-order valence-corrected chi connectivity index (χ0v) is 11.2. The zero-order valence-electron chi connectivity index (χ0n) is 11.2. The van der Waals surface area contributed by atoms with Crippen molar-refractivity contribution >= 4 is 0 Å². The number of hydrogen-bond donors (Lipinski definition) is 1. The van der Waals surface area contributed by atoms with Gasteiger partial charge < -0.3 is 10.6 Å². The van der Waals surface area contributed by atoms with Gasteiger partial charge in [-0.25, -0.2) is 0 Å². The van der Waals surface area contributed by atoms with Crippen LogP contribution in [0.4, 0.5) is 0 Å². The summed E-state index contributed by atoms with van der Waals surface area (Å²) in [5, 5.41) is 0. The first-order valence-electron chi connectivity index (χ1n) is 7.33. The Hall–Kier alpha value is -0.860. The van der Waals surface area contributed by atoms with E-state index in [2.05, 4.69) is 29.2 Å². The third-order valence-electron chi connectivity index (χ3n) is 4.92. The lowest BCUT2D eigenvalue weighted by atomic mass is 9.72. The molecule has 2 nitrogen and oxygen atoms in total. The maximum absolute atomic E-state index is 5.66. The summed E-state index contributed by atoms with van der Waals surface area (Å²) < 4.78 is 0. The smallest absolute Gasteiger partial charge is 0.0105 e. The Bertz CT molecular complexity index is 395. The Kier molecular flexibility index (Phi) is 3.40. The second-order valence-electron chi connectivity index (χ2n) is 5.89. The van der Waals surface area contributed by atoms with Crippen LogP contribution < -0.4 is 5.73 Å². The van der Waals surface area contributed by atoms with Gasteiger partial charge in [0.2, 0.25) is 0 Å². The first-order chi connectivity index (χ1) is 8.84. The Labute approximate surface area is 110 Å². The first-order valence-corrected chi connectivity index (χ1v) is 7.33. The minimum atomic E-state index is 0.492. The Balaban J connectivity index is 1.77. The summed E-state index contributed by atoms with van der Waals surface area (Å²) in [7, 11) is 0. The van der Waals surface area contributed by atoms with E-state index in [1.54, 1.807) is 11.1 Å². The summed E-state index contributed by atoms with van der Waals surface area (Å²) in [5.74, 6) is 0. The van der Waals surface area contributed by atoms with E-state index >= 15 is 0 Å². The Morgan fingerprint density at radius 1 is 1.11 bits per heavy atom. The highest BCUT2D eigenvalue weighted by atomic mass is 15.1. The molecule has 0 amide bonds. The SMILES string of the molecule is NCCN1CCC2(CCC3=C2C=CCC=C3)CC1. The number of rotatable bonds is 2. The highest BCUT2D eigenvalue weighted by molar-refractivity contribution is 5.44. The van der Waals surface area contributed by atoms with E-state index < -0.39 is 0 Å². The molecule has 18 heavy (non-hydrogen) atoms. The van der Waals surface area contributed by atoms with Crippen molar-refractivity contribution in [1.82, 2.24) is 4.90 Å². The molecule has 3 aliphatic rings. The maximum Gasteiger partial charge on any atom is 0.0105 e. The molecule has 0 saturated carbocycles. The van der Waals surface area contributed by atoms with Gasteiger partial charge in [-0.3, -0.25) is 0 Å². The van der Waals surface area contributed by atoms with Crippen LogP contribution in [0.5, 0.6) is 0 Å². The van der Waals surface area contributed by atoms with Gasteiger partial charge in [-0.15, -0.1) is 0 Å². The van der Waals surface area contributed by atoms with Crippen molar-refractivity contribution in [1.29, 1.82) is 0 Å². The van der Waals surface area contributed by atoms with Crippen molar-refractivity contribution in [2.45, 2.75) is 32.1 Å². The second-order valence-corrected chi connectivity index (χ2v) is 5.89. The quantitative estimate of drug-likeness (QED) is 0.809. The van der Waals surface area contributed by atoms with Crippen molar-refractivity contribution in [2.75, 3.05) is 26.2 Å². The molecule has 3 rings (SSSR count). The molecule has 2 aliphatic carbocycles. The van der Waals surface area contributed by atoms with E-state index in [0.29, 0.717) is 5.41 Å². The highest BCUT2D eigenvalue weighted by Crippen LogP contribution is 2.51. The van der Waals surface area contributed by atoms with E-state index in [-0.39, 0.29) is 0 Å². The standard InChI is InChI=1S/C16H24N2/c17-10-13-18-11-8-16(9-12-18)7-6-14-4-2-1-3-5-15(14)16/h2-5H,1,6-13,17H2. The molecule has 98 valence electrons.